The number of carbonyl (C=O) groups is 2. The molecule has 0 aromatic heterocycles. The first-order valence-corrected chi connectivity index (χ1v) is 14.9. The van der Waals surface area contributed by atoms with Crippen LogP contribution in [0, 0.1) is 5.92 Å². The minimum Gasteiger partial charge on any atom is -0.350 e. The van der Waals surface area contributed by atoms with Crippen LogP contribution in [0.1, 0.15) is 73.0 Å². The molecule has 4 rings (SSSR count). The van der Waals surface area contributed by atoms with Crippen molar-refractivity contribution in [2.45, 2.75) is 57.5 Å². The van der Waals surface area contributed by atoms with Gasteiger partial charge in [0.1, 0.15) is 0 Å². The number of benzene rings is 3. The molecular formula is C34H44N4O2. The van der Waals surface area contributed by atoms with E-state index in [2.05, 4.69) is 88.4 Å². The van der Waals surface area contributed by atoms with Gasteiger partial charge in [0.05, 0.1) is 12.1 Å². The van der Waals surface area contributed by atoms with Crippen molar-refractivity contribution >= 4 is 11.9 Å². The highest BCUT2D eigenvalue weighted by atomic mass is 16.2. The van der Waals surface area contributed by atoms with E-state index in [-0.39, 0.29) is 29.9 Å². The van der Waals surface area contributed by atoms with Crippen LogP contribution in [0.25, 0.3) is 0 Å². The first kappa shape index (κ1) is 29.3. The van der Waals surface area contributed by atoms with Gasteiger partial charge in [-0.25, -0.2) is 4.79 Å². The lowest BCUT2D eigenvalue weighted by molar-refractivity contribution is 0.0932. The standard InChI is InChI=1S/C34H44N4O2/c1-2-3-4-14-23-35-34(40)37-31(26-36-33(39)30-19-12-7-13-20-30)27-21-24-38(25-22-27)32(28-15-8-5-9-16-28)29-17-10-6-11-18-29/h5-13,15-20,27,31-32H,2-4,14,21-26H2,1H3,(H,36,39)(H2,35,37,40). The molecule has 1 aliphatic heterocycles. The van der Waals surface area contributed by atoms with E-state index in [0.717, 1.165) is 38.8 Å². The van der Waals surface area contributed by atoms with Gasteiger partial charge < -0.3 is 16.0 Å². The Morgan fingerprint density at radius 2 is 1.35 bits per heavy atom. The summed E-state index contributed by atoms with van der Waals surface area (Å²) in [5.74, 6) is 0.156. The Morgan fingerprint density at radius 1 is 0.775 bits per heavy atom. The molecule has 1 atom stereocenters. The fourth-order valence-electron chi connectivity index (χ4n) is 5.67. The van der Waals surface area contributed by atoms with E-state index in [4.69, 9.17) is 0 Å². The van der Waals surface area contributed by atoms with E-state index >= 15 is 0 Å². The van der Waals surface area contributed by atoms with Crippen molar-refractivity contribution in [3.05, 3.63) is 108 Å². The molecule has 40 heavy (non-hydrogen) atoms. The maximum absolute atomic E-state index is 12.8. The van der Waals surface area contributed by atoms with E-state index in [0.29, 0.717) is 18.7 Å². The molecule has 3 N–H and O–H groups in total. The van der Waals surface area contributed by atoms with Crippen molar-refractivity contribution < 1.29 is 9.59 Å². The molecule has 3 aromatic rings. The maximum Gasteiger partial charge on any atom is 0.315 e. The lowest BCUT2D eigenvalue weighted by Crippen LogP contribution is -2.53. The van der Waals surface area contributed by atoms with Crippen LogP contribution in [0.15, 0.2) is 91.0 Å². The Bertz CT molecular complexity index is 1110. The fourth-order valence-corrected chi connectivity index (χ4v) is 5.67. The highest BCUT2D eigenvalue weighted by Crippen LogP contribution is 2.33. The Balaban J connectivity index is 1.41. The monoisotopic (exact) mass is 540 g/mol. The van der Waals surface area contributed by atoms with Gasteiger partial charge in [-0.3, -0.25) is 9.69 Å². The predicted octanol–water partition coefficient (Wildman–Crippen LogP) is 6.17. The summed E-state index contributed by atoms with van der Waals surface area (Å²) >= 11 is 0. The van der Waals surface area contributed by atoms with Crippen molar-refractivity contribution in [3.8, 4) is 0 Å². The van der Waals surface area contributed by atoms with Gasteiger partial charge in [0.25, 0.3) is 5.91 Å². The number of carbonyl (C=O) groups excluding carboxylic acids is 2. The molecule has 0 spiro atoms. The Labute approximate surface area is 239 Å². The summed E-state index contributed by atoms with van der Waals surface area (Å²) in [5.41, 5.74) is 3.21. The maximum atomic E-state index is 12.8. The molecule has 1 unspecified atom stereocenters. The number of likely N-dealkylation sites (tertiary alicyclic amines) is 1. The fraction of sp³-hybridized carbons (Fsp3) is 0.412. The van der Waals surface area contributed by atoms with Crippen LogP contribution >= 0.6 is 0 Å². The van der Waals surface area contributed by atoms with Gasteiger partial charge in [0.2, 0.25) is 0 Å². The average molecular weight is 541 g/mol. The van der Waals surface area contributed by atoms with Gasteiger partial charge in [-0.2, -0.15) is 0 Å². The molecule has 3 aromatic carbocycles. The summed E-state index contributed by atoms with van der Waals surface area (Å²) in [5, 5.41) is 9.31. The summed E-state index contributed by atoms with van der Waals surface area (Å²) in [6, 6.07) is 30.5. The Morgan fingerprint density at radius 3 is 1.93 bits per heavy atom. The van der Waals surface area contributed by atoms with Gasteiger partial charge in [-0.15, -0.1) is 0 Å². The van der Waals surface area contributed by atoms with Gasteiger partial charge in [-0.05, 0) is 61.5 Å². The number of amides is 3. The second-order valence-corrected chi connectivity index (χ2v) is 10.7. The topological polar surface area (TPSA) is 73.5 Å². The smallest absolute Gasteiger partial charge is 0.315 e. The third-order valence-corrected chi connectivity index (χ3v) is 7.89. The zero-order chi connectivity index (χ0) is 28.0. The van der Waals surface area contributed by atoms with Crippen molar-refractivity contribution in [2.24, 2.45) is 5.92 Å². The zero-order valence-electron chi connectivity index (χ0n) is 23.7. The molecular weight excluding hydrogens is 496 g/mol. The zero-order valence-corrected chi connectivity index (χ0v) is 23.7. The van der Waals surface area contributed by atoms with E-state index in [1.807, 2.05) is 30.3 Å². The van der Waals surface area contributed by atoms with Crippen molar-refractivity contribution in [3.63, 3.8) is 0 Å². The Kier molecular flexibility index (Phi) is 11.6. The van der Waals surface area contributed by atoms with Crippen molar-refractivity contribution in [2.75, 3.05) is 26.2 Å². The minimum atomic E-state index is -0.149. The molecule has 1 aliphatic rings. The first-order valence-electron chi connectivity index (χ1n) is 14.9. The van der Waals surface area contributed by atoms with Crippen LogP contribution in [0.2, 0.25) is 0 Å². The van der Waals surface area contributed by atoms with E-state index in [1.165, 1.54) is 24.0 Å². The number of piperidine rings is 1. The molecule has 6 heteroatoms. The number of nitrogens with one attached hydrogen (secondary N) is 3. The Hall–Kier alpha value is -3.64. The lowest BCUT2D eigenvalue weighted by Gasteiger charge is -2.40. The molecule has 0 radical (unpaired) electrons. The largest absolute Gasteiger partial charge is 0.350 e. The van der Waals surface area contributed by atoms with Gasteiger partial charge >= 0.3 is 6.03 Å². The van der Waals surface area contributed by atoms with Crippen LogP contribution in [0.5, 0.6) is 0 Å². The van der Waals surface area contributed by atoms with Gasteiger partial charge in [-0.1, -0.05) is 105 Å². The first-order chi connectivity index (χ1) is 19.7. The normalized spacial score (nSPS) is 14.9. The van der Waals surface area contributed by atoms with Crippen molar-refractivity contribution in [1.29, 1.82) is 0 Å². The van der Waals surface area contributed by atoms with E-state index in [9.17, 15) is 9.59 Å². The molecule has 1 fully saturated rings. The summed E-state index contributed by atoms with van der Waals surface area (Å²) < 4.78 is 0. The summed E-state index contributed by atoms with van der Waals surface area (Å²) in [4.78, 5) is 28.2. The third kappa shape index (κ3) is 8.68. The number of hydrogen-bond donors (Lipinski definition) is 3. The third-order valence-electron chi connectivity index (χ3n) is 7.89. The number of nitrogens with zero attached hydrogens (tertiary/aromatic N) is 1. The lowest BCUT2D eigenvalue weighted by atomic mass is 9.86. The summed E-state index contributed by atoms with van der Waals surface area (Å²) in [6.07, 6.45) is 6.34. The second kappa shape index (κ2) is 15.8. The number of hydrogen-bond acceptors (Lipinski definition) is 3. The van der Waals surface area contributed by atoms with Crippen LogP contribution < -0.4 is 16.0 Å². The number of urea groups is 1. The average Bonchev–Trinajstić information content (AvgIpc) is 3.01. The molecule has 3 amide bonds. The SMILES string of the molecule is CCCCCCNC(=O)NC(CNC(=O)c1ccccc1)C1CCN(C(c2ccccc2)c2ccccc2)CC1. The van der Waals surface area contributed by atoms with Crippen LogP contribution in [-0.2, 0) is 0 Å². The van der Waals surface area contributed by atoms with Gasteiger partial charge in [0, 0.05) is 18.7 Å². The molecule has 0 bridgehead atoms. The second-order valence-electron chi connectivity index (χ2n) is 10.7. The van der Waals surface area contributed by atoms with Crippen LogP contribution in [-0.4, -0.2) is 49.1 Å². The molecule has 6 nitrogen and oxygen atoms in total. The van der Waals surface area contributed by atoms with Crippen molar-refractivity contribution in [1.82, 2.24) is 20.9 Å². The highest BCUT2D eigenvalue weighted by molar-refractivity contribution is 5.94. The molecule has 1 saturated heterocycles. The quantitative estimate of drug-likeness (QED) is 0.227. The summed E-state index contributed by atoms with van der Waals surface area (Å²) in [6.45, 7) is 5.10. The van der Waals surface area contributed by atoms with E-state index in [1.54, 1.807) is 0 Å². The summed E-state index contributed by atoms with van der Waals surface area (Å²) in [7, 11) is 0. The van der Waals surface area contributed by atoms with E-state index < -0.39 is 0 Å². The van der Waals surface area contributed by atoms with Gasteiger partial charge in [0.15, 0.2) is 0 Å². The highest BCUT2D eigenvalue weighted by Gasteiger charge is 2.32. The molecule has 0 saturated carbocycles. The predicted molar refractivity (Wildman–Crippen MR) is 162 cm³/mol. The number of rotatable bonds is 13. The molecule has 1 heterocycles. The molecule has 212 valence electrons. The number of unbranched alkanes of at least 4 members (excludes halogenated alkanes) is 3. The van der Waals surface area contributed by atoms with Crippen LogP contribution in [0.4, 0.5) is 4.79 Å². The molecule has 0 aliphatic carbocycles. The van der Waals surface area contributed by atoms with Crippen LogP contribution in [0.3, 0.4) is 0 Å². The minimum absolute atomic E-state index is 0.113.